The minimum atomic E-state index is 1.08. The monoisotopic (exact) mass is 788 g/mol. The fourth-order valence-corrected chi connectivity index (χ4v) is 9.70. The molecule has 0 bridgehead atoms. The Morgan fingerprint density at radius 3 is 1.48 bits per heavy atom. The number of para-hydroxylation sites is 2. The molecule has 290 valence electrons. The quantitative estimate of drug-likeness (QED) is 0.146. The van der Waals surface area contributed by atoms with E-state index in [0.717, 1.165) is 28.3 Å². The van der Waals surface area contributed by atoms with Crippen LogP contribution >= 0.6 is 0 Å². The van der Waals surface area contributed by atoms with Crippen LogP contribution in [0.3, 0.4) is 0 Å². The first-order chi connectivity index (χ1) is 30.8. The predicted molar refractivity (Wildman–Crippen MR) is 264 cm³/mol. The zero-order chi connectivity index (χ0) is 41.0. The van der Waals surface area contributed by atoms with Gasteiger partial charge in [-0.3, -0.25) is 0 Å². The van der Waals surface area contributed by atoms with Crippen molar-refractivity contribution in [1.82, 2.24) is 4.57 Å². The van der Waals surface area contributed by atoms with Crippen molar-refractivity contribution < 1.29 is 0 Å². The molecule has 2 heteroatoms. The first kappa shape index (κ1) is 35.7. The van der Waals surface area contributed by atoms with Crippen LogP contribution in [-0.2, 0) is 0 Å². The molecule has 0 aliphatic heterocycles. The summed E-state index contributed by atoms with van der Waals surface area (Å²) in [5, 5.41) is 9.89. The molecule has 0 fully saturated rings. The minimum absolute atomic E-state index is 1.08. The maximum Gasteiger partial charge on any atom is 0.0561 e. The smallest absolute Gasteiger partial charge is 0.0561 e. The standard InChI is InChI=1S/C60H40N2/c1-4-17-43(18-5-1)59-55-26-13-12-24-51(55)52-36-34-49(39-56(52)60(59)44-19-6-2-7-20-44)61(48-32-30-42(31-33-48)46-29-28-41-16-10-11-21-45(41)38-46)50-35-37-54-53-25-14-15-27-57(53)62(58(54)40-50)47-22-8-3-9-23-47/h1-40H. The number of nitrogens with zero attached hydrogens (tertiary/aromatic N) is 2. The van der Waals surface area contributed by atoms with Crippen LogP contribution in [0.5, 0.6) is 0 Å². The fourth-order valence-electron chi connectivity index (χ4n) is 9.70. The Hall–Kier alpha value is -8.20. The van der Waals surface area contributed by atoms with Crippen molar-refractivity contribution in [1.29, 1.82) is 0 Å². The van der Waals surface area contributed by atoms with Gasteiger partial charge in [0.05, 0.1) is 11.0 Å². The molecule has 62 heavy (non-hydrogen) atoms. The molecule has 2 nitrogen and oxygen atoms in total. The van der Waals surface area contributed by atoms with Gasteiger partial charge in [0.25, 0.3) is 0 Å². The van der Waals surface area contributed by atoms with E-state index in [-0.39, 0.29) is 0 Å². The molecule has 0 spiro atoms. The van der Waals surface area contributed by atoms with Gasteiger partial charge in [0.15, 0.2) is 0 Å². The van der Waals surface area contributed by atoms with Gasteiger partial charge < -0.3 is 9.47 Å². The summed E-state index contributed by atoms with van der Waals surface area (Å²) < 4.78 is 2.40. The van der Waals surface area contributed by atoms with Crippen molar-refractivity contribution >= 4 is 71.2 Å². The molecule has 12 rings (SSSR count). The second-order valence-electron chi connectivity index (χ2n) is 16.1. The number of benzene rings is 11. The van der Waals surface area contributed by atoms with Crippen LogP contribution in [0.2, 0.25) is 0 Å². The lowest BCUT2D eigenvalue weighted by molar-refractivity contribution is 1.18. The van der Waals surface area contributed by atoms with Crippen molar-refractivity contribution in [2.45, 2.75) is 0 Å². The zero-order valence-electron chi connectivity index (χ0n) is 34.0. The second kappa shape index (κ2) is 14.8. The van der Waals surface area contributed by atoms with Crippen LogP contribution in [0.15, 0.2) is 243 Å². The molecule has 0 unspecified atom stereocenters. The third-order valence-electron chi connectivity index (χ3n) is 12.5. The van der Waals surface area contributed by atoms with E-state index in [4.69, 9.17) is 0 Å². The number of anilines is 3. The van der Waals surface area contributed by atoms with Crippen LogP contribution in [-0.4, -0.2) is 4.57 Å². The molecule has 11 aromatic carbocycles. The normalized spacial score (nSPS) is 11.5. The van der Waals surface area contributed by atoms with E-state index in [0.29, 0.717) is 0 Å². The maximum absolute atomic E-state index is 2.43. The maximum atomic E-state index is 2.43. The van der Waals surface area contributed by atoms with E-state index in [1.165, 1.54) is 82.0 Å². The molecular weight excluding hydrogens is 749 g/mol. The average molecular weight is 789 g/mol. The Morgan fingerprint density at radius 2 is 0.758 bits per heavy atom. The Bertz CT molecular complexity index is 3610. The van der Waals surface area contributed by atoms with Crippen molar-refractivity contribution in [3.05, 3.63) is 243 Å². The number of hydrogen-bond donors (Lipinski definition) is 0. The highest BCUT2D eigenvalue weighted by Gasteiger charge is 2.22. The summed E-state index contributed by atoms with van der Waals surface area (Å²) in [7, 11) is 0. The molecule has 1 heterocycles. The molecule has 0 radical (unpaired) electrons. The van der Waals surface area contributed by atoms with Crippen molar-refractivity contribution in [3.63, 3.8) is 0 Å². The average Bonchev–Trinajstić information content (AvgIpc) is 3.68. The van der Waals surface area contributed by atoms with E-state index < -0.39 is 0 Å². The summed E-state index contributed by atoms with van der Waals surface area (Å²) in [6, 6.07) is 88.6. The largest absolute Gasteiger partial charge is 0.310 e. The highest BCUT2D eigenvalue weighted by molar-refractivity contribution is 6.22. The number of hydrogen-bond acceptors (Lipinski definition) is 1. The zero-order valence-corrected chi connectivity index (χ0v) is 34.0. The van der Waals surface area contributed by atoms with Gasteiger partial charge in [0.2, 0.25) is 0 Å². The lowest BCUT2D eigenvalue weighted by atomic mass is 9.85. The van der Waals surface area contributed by atoms with Crippen LogP contribution in [0, 0.1) is 0 Å². The molecule has 1 aromatic heterocycles. The fraction of sp³-hybridized carbons (Fsp3) is 0. The van der Waals surface area contributed by atoms with E-state index >= 15 is 0 Å². The first-order valence-corrected chi connectivity index (χ1v) is 21.3. The number of rotatable bonds is 7. The van der Waals surface area contributed by atoms with E-state index in [9.17, 15) is 0 Å². The molecule has 0 saturated heterocycles. The lowest BCUT2D eigenvalue weighted by Crippen LogP contribution is -2.10. The van der Waals surface area contributed by atoms with Crippen molar-refractivity contribution in [2.24, 2.45) is 0 Å². The molecule has 0 aliphatic carbocycles. The van der Waals surface area contributed by atoms with Crippen LogP contribution in [0.25, 0.3) is 93.2 Å². The minimum Gasteiger partial charge on any atom is -0.310 e. The van der Waals surface area contributed by atoms with Gasteiger partial charge in [-0.1, -0.05) is 182 Å². The summed E-state index contributed by atoms with van der Waals surface area (Å²) >= 11 is 0. The molecule has 0 atom stereocenters. The molecule has 0 saturated carbocycles. The predicted octanol–water partition coefficient (Wildman–Crippen LogP) is 16.7. The van der Waals surface area contributed by atoms with Gasteiger partial charge in [0, 0.05) is 33.5 Å². The Balaban J connectivity index is 1.12. The molecule has 0 aliphatic rings. The van der Waals surface area contributed by atoms with Gasteiger partial charge in [-0.2, -0.15) is 0 Å². The Labute approximate surface area is 360 Å². The molecule has 0 amide bonds. The first-order valence-electron chi connectivity index (χ1n) is 21.3. The lowest BCUT2D eigenvalue weighted by Gasteiger charge is -2.27. The van der Waals surface area contributed by atoms with E-state index in [1.807, 2.05) is 0 Å². The van der Waals surface area contributed by atoms with Crippen molar-refractivity contribution in [2.75, 3.05) is 4.90 Å². The summed E-state index contributed by atoms with van der Waals surface area (Å²) in [4.78, 5) is 2.43. The molecule has 0 N–H and O–H groups in total. The SMILES string of the molecule is c1ccc(-c2c(-c3ccccc3)c3cc(N(c4ccc(-c5ccc6ccccc6c5)cc4)c4ccc5c6ccccc6n(-c6ccccc6)c5c4)ccc3c3ccccc23)cc1. The van der Waals surface area contributed by atoms with Gasteiger partial charge in [-0.15, -0.1) is 0 Å². The van der Waals surface area contributed by atoms with E-state index in [2.05, 4.69) is 252 Å². The van der Waals surface area contributed by atoms with Gasteiger partial charge >= 0.3 is 0 Å². The van der Waals surface area contributed by atoms with Gasteiger partial charge in [-0.25, -0.2) is 0 Å². The van der Waals surface area contributed by atoms with Gasteiger partial charge in [0.1, 0.15) is 0 Å². The molecule has 12 aromatic rings. The molecular formula is C60H40N2. The third-order valence-corrected chi connectivity index (χ3v) is 12.5. The summed E-state index contributed by atoms with van der Waals surface area (Å²) in [6.45, 7) is 0. The topological polar surface area (TPSA) is 8.17 Å². The second-order valence-corrected chi connectivity index (χ2v) is 16.1. The van der Waals surface area contributed by atoms with Crippen LogP contribution in [0.1, 0.15) is 0 Å². The highest BCUT2D eigenvalue weighted by Crippen LogP contribution is 2.47. The van der Waals surface area contributed by atoms with Gasteiger partial charge in [-0.05, 0) is 126 Å². The highest BCUT2D eigenvalue weighted by atomic mass is 15.1. The van der Waals surface area contributed by atoms with Crippen LogP contribution in [0.4, 0.5) is 17.1 Å². The number of fused-ring (bicyclic) bond motifs is 7. The van der Waals surface area contributed by atoms with Crippen LogP contribution < -0.4 is 4.90 Å². The number of aromatic nitrogens is 1. The van der Waals surface area contributed by atoms with E-state index in [1.54, 1.807) is 0 Å². The third kappa shape index (κ3) is 5.96. The van der Waals surface area contributed by atoms with Crippen molar-refractivity contribution in [3.8, 4) is 39.1 Å². The summed E-state index contributed by atoms with van der Waals surface area (Å²) in [5.41, 5.74) is 14.0. The summed E-state index contributed by atoms with van der Waals surface area (Å²) in [5.74, 6) is 0. The summed E-state index contributed by atoms with van der Waals surface area (Å²) in [6.07, 6.45) is 0. The Kier molecular flexibility index (Phi) is 8.53. The Morgan fingerprint density at radius 1 is 0.258 bits per heavy atom.